The predicted molar refractivity (Wildman–Crippen MR) is 90.6 cm³/mol. The molecule has 1 aromatic heterocycles. The van der Waals surface area contributed by atoms with Gasteiger partial charge in [0.25, 0.3) is 0 Å². The molecule has 0 saturated carbocycles. The van der Waals surface area contributed by atoms with Crippen molar-refractivity contribution in [2.75, 3.05) is 0 Å². The highest BCUT2D eigenvalue weighted by molar-refractivity contribution is 14.1. The lowest BCUT2D eigenvalue weighted by Gasteiger charge is -2.10. The Bertz CT molecular complexity index is 683. The van der Waals surface area contributed by atoms with Gasteiger partial charge in [-0.05, 0) is 32.0 Å². The standard InChI is InChI=1S/C14H13ClIN3O2/c1-9(2)21-12-6-10(5-11(15)7-12)14-17-8-19(18-14)4-3-13(16)20/h3-9H,1-2H3/b4-3-. The third-order valence-electron chi connectivity index (χ3n) is 2.37. The van der Waals surface area contributed by atoms with Crippen LogP contribution in [0.25, 0.3) is 17.6 Å². The summed E-state index contributed by atoms with van der Waals surface area (Å²) in [4.78, 5) is 15.1. The van der Waals surface area contributed by atoms with Gasteiger partial charge in [-0.15, -0.1) is 5.10 Å². The number of rotatable bonds is 5. The summed E-state index contributed by atoms with van der Waals surface area (Å²) in [6, 6.07) is 5.34. The van der Waals surface area contributed by atoms with Crippen LogP contribution < -0.4 is 4.74 Å². The number of hydrogen-bond acceptors (Lipinski definition) is 4. The van der Waals surface area contributed by atoms with Crippen LogP contribution in [0.2, 0.25) is 5.02 Å². The Morgan fingerprint density at radius 1 is 1.43 bits per heavy atom. The van der Waals surface area contributed by atoms with Crippen molar-refractivity contribution in [2.24, 2.45) is 0 Å². The van der Waals surface area contributed by atoms with Gasteiger partial charge in [-0.25, -0.2) is 9.67 Å². The molecular formula is C14H13ClIN3O2. The van der Waals surface area contributed by atoms with Crippen LogP contribution in [0.4, 0.5) is 0 Å². The molecular weight excluding hydrogens is 405 g/mol. The van der Waals surface area contributed by atoms with Crippen molar-refractivity contribution < 1.29 is 9.53 Å². The number of nitrogens with zero attached hydrogens (tertiary/aromatic N) is 3. The molecule has 0 atom stereocenters. The van der Waals surface area contributed by atoms with Crippen molar-refractivity contribution in [3.63, 3.8) is 0 Å². The molecule has 0 radical (unpaired) electrons. The van der Waals surface area contributed by atoms with Crippen molar-refractivity contribution in [1.82, 2.24) is 14.8 Å². The summed E-state index contributed by atoms with van der Waals surface area (Å²) < 4.78 is 7.02. The maximum Gasteiger partial charge on any atom is 0.216 e. The van der Waals surface area contributed by atoms with Crippen LogP contribution in [-0.2, 0) is 4.79 Å². The van der Waals surface area contributed by atoms with Crippen LogP contribution in [0.15, 0.2) is 30.6 Å². The second kappa shape index (κ2) is 7.04. The number of aromatic nitrogens is 3. The van der Waals surface area contributed by atoms with E-state index in [1.807, 2.05) is 19.9 Å². The van der Waals surface area contributed by atoms with Crippen LogP contribution in [0, 0.1) is 0 Å². The van der Waals surface area contributed by atoms with E-state index in [9.17, 15) is 4.79 Å². The molecule has 0 aliphatic heterocycles. The zero-order valence-corrected chi connectivity index (χ0v) is 14.4. The van der Waals surface area contributed by atoms with E-state index >= 15 is 0 Å². The number of ether oxygens (including phenoxy) is 1. The van der Waals surface area contributed by atoms with Gasteiger partial charge >= 0.3 is 0 Å². The van der Waals surface area contributed by atoms with E-state index in [4.69, 9.17) is 16.3 Å². The molecule has 2 rings (SSSR count). The molecule has 0 spiro atoms. The first-order valence-electron chi connectivity index (χ1n) is 6.20. The van der Waals surface area contributed by atoms with Crippen molar-refractivity contribution in [3.8, 4) is 17.1 Å². The van der Waals surface area contributed by atoms with E-state index in [1.165, 1.54) is 17.1 Å². The third kappa shape index (κ3) is 4.82. The van der Waals surface area contributed by atoms with E-state index in [1.54, 1.807) is 40.9 Å². The lowest BCUT2D eigenvalue weighted by Crippen LogP contribution is -2.05. The van der Waals surface area contributed by atoms with Crippen molar-refractivity contribution >= 4 is 44.2 Å². The van der Waals surface area contributed by atoms with E-state index in [0.717, 1.165) is 5.56 Å². The van der Waals surface area contributed by atoms with Crippen molar-refractivity contribution in [1.29, 1.82) is 0 Å². The zero-order valence-electron chi connectivity index (χ0n) is 11.5. The Hall–Kier alpha value is -1.41. The first-order valence-corrected chi connectivity index (χ1v) is 7.66. The van der Waals surface area contributed by atoms with Gasteiger partial charge < -0.3 is 4.74 Å². The highest BCUT2D eigenvalue weighted by Gasteiger charge is 2.08. The summed E-state index contributed by atoms with van der Waals surface area (Å²) >= 11 is 7.78. The molecule has 0 unspecified atom stereocenters. The SMILES string of the molecule is CC(C)Oc1cc(Cl)cc(-c2ncn(/C=C\C(=O)I)n2)c1. The third-order valence-corrected chi connectivity index (χ3v) is 2.95. The van der Waals surface area contributed by atoms with Gasteiger partial charge in [-0.2, -0.15) is 0 Å². The van der Waals surface area contributed by atoms with Gasteiger partial charge in [-0.3, -0.25) is 4.79 Å². The number of carbonyl (C=O) groups excluding carboxylic acids is 1. The lowest BCUT2D eigenvalue weighted by atomic mass is 10.2. The highest BCUT2D eigenvalue weighted by Crippen LogP contribution is 2.27. The fourth-order valence-corrected chi connectivity index (χ4v) is 2.03. The molecule has 21 heavy (non-hydrogen) atoms. The van der Waals surface area contributed by atoms with E-state index in [-0.39, 0.29) is 9.89 Å². The second-order valence-corrected chi connectivity index (χ2v) is 6.01. The molecule has 0 bridgehead atoms. The van der Waals surface area contributed by atoms with Crippen LogP contribution in [0.5, 0.6) is 5.75 Å². The topological polar surface area (TPSA) is 57.0 Å². The molecule has 0 aliphatic carbocycles. The summed E-state index contributed by atoms with van der Waals surface area (Å²) in [7, 11) is 0. The molecule has 1 heterocycles. The van der Waals surface area contributed by atoms with Crippen molar-refractivity contribution in [3.05, 3.63) is 35.6 Å². The van der Waals surface area contributed by atoms with Gasteiger partial charge in [0.2, 0.25) is 3.79 Å². The quantitative estimate of drug-likeness (QED) is 0.422. The average Bonchev–Trinajstić information content (AvgIpc) is 2.83. The largest absolute Gasteiger partial charge is 0.491 e. The van der Waals surface area contributed by atoms with Crippen LogP contribution in [-0.4, -0.2) is 24.7 Å². The van der Waals surface area contributed by atoms with Gasteiger partial charge in [-0.1, -0.05) is 11.6 Å². The van der Waals surface area contributed by atoms with Gasteiger partial charge in [0.1, 0.15) is 12.1 Å². The van der Waals surface area contributed by atoms with E-state index in [2.05, 4.69) is 10.1 Å². The zero-order chi connectivity index (χ0) is 15.4. The van der Waals surface area contributed by atoms with E-state index in [0.29, 0.717) is 16.6 Å². The fourth-order valence-electron chi connectivity index (χ4n) is 1.65. The predicted octanol–water partition coefficient (Wildman–Crippen LogP) is 3.82. The van der Waals surface area contributed by atoms with Crippen LogP contribution in [0.1, 0.15) is 13.8 Å². The minimum atomic E-state index is -0.0833. The molecule has 5 nitrogen and oxygen atoms in total. The highest BCUT2D eigenvalue weighted by atomic mass is 127. The summed E-state index contributed by atoms with van der Waals surface area (Å²) in [5.41, 5.74) is 0.756. The van der Waals surface area contributed by atoms with Crippen molar-refractivity contribution in [2.45, 2.75) is 20.0 Å². The Balaban J connectivity index is 2.29. The maximum absolute atomic E-state index is 10.9. The molecule has 0 fully saturated rings. The maximum atomic E-state index is 10.9. The van der Waals surface area contributed by atoms with E-state index < -0.39 is 0 Å². The Morgan fingerprint density at radius 2 is 2.19 bits per heavy atom. The number of carbonyl (C=O) groups is 1. The minimum absolute atomic E-state index is 0.0550. The smallest absolute Gasteiger partial charge is 0.216 e. The van der Waals surface area contributed by atoms with Gasteiger partial charge in [0.05, 0.1) is 6.10 Å². The first-order chi connectivity index (χ1) is 9.94. The molecule has 0 amide bonds. The minimum Gasteiger partial charge on any atom is -0.491 e. The normalized spacial score (nSPS) is 11.3. The Morgan fingerprint density at radius 3 is 2.86 bits per heavy atom. The molecule has 7 heteroatoms. The number of allylic oxidation sites excluding steroid dienone is 1. The average molecular weight is 418 g/mol. The molecule has 0 saturated heterocycles. The molecule has 0 N–H and O–H groups in total. The molecule has 0 aliphatic rings. The summed E-state index contributed by atoms with van der Waals surface area (Å²) in [5, 5.41) is 4.82. The number of halogens is 2. The lowest BCUT2D eigenvalue weighted by molar-refractivity contribution is -0.105. The number of benzene rings is 1. The Labute approximate surface area is 141 Å². The summed E-state index contributed by atoms with van der Waals surface area (Å²) in [6.07, 6.45) is 4.53. The van der Waals surface area contributed by atoms with Crippen LogP contribution >= 0.6 is 34.2 Å². The number of hydrogen-bond donors (Lipinski definition) is 0. The summed E-state index contributed by atoms with van der Waals surface area (Å²) in [6.45, 7) is 3.89. The summed E-state index contributed by atoms with van der Waals surface area (Å²) in [5.74, 6) is 1.18. The fraction of sp³-hybridized carbons (Fsp3) is 0.214. The first kappa shape index (κ1) is 16.0. The molecule has 2 aromatic rings. The molecule has 110 valence electrons. The Kier molecular flexibility index (Phi) is 5.35. The molecule has 1 aromatic carbocycles. The van der Waals surface area contributed by atoms with Gasteiger partial charge in [0.15, 0.2) is 5.82 Å². The monoisotopic (exact) mass is 417 g/mol. The van der Waals surface area contributed by atoms with Crippen LogP contribution in [0.3, 0.4) is 0 Å². The second-order valence-electron chi connectivity index (χ2n) is 4.51. The van der Waals surface area contributed by atoms with Gasteiger partial charge in [0, 0.05) is 45.5 Å².